The third-order valence-corrected chi connectivity index (χ3v) is 5.08. The summed E-state index contributed by atoms with van der Waals surface area (Å²) in [7, 11) is 0. The van der Waals surface area contributed by atoms with Crippen LogP contribution in [0.3, 0.4) is 0 Å². The Morgan fingerprint density at radius 2 is 2.13 bits per heavy atom. The Hall–Kier alpha value is -2.08. The fourth-order valence-corrected chi connectivity index (χ4v) is 3.88. The van der Waals surface area contributed by atoms with Gasteiger partial charge in [0.15, 0.2) is 0 Å². The van der Waals surface area contributed by atoms with Crippen molar-refractivity contribution in [2.75, 3.05) is 13.1 Å². The lowest BCUT2D eigenvalue weighted by molar-refractivity contribution is -0.136. The first kappa shape index (κ1) is 15.8. The Labute approximate surface area is 138 Å². The Bertz CT molecular complexity index is 696. The van der Waals surface area contributed by atoms with Gasteiger partial charge in [0.1, 0.15) is 12.2 Å². The van der Waals surface area contributed by atoms with Crippen molar-refractivity contribution in [3.05, 3.63) is 45.5 Å². The zero-order valence-corrected chi connectivity index (χ0v) is 13.8. The highest BCUT2D eigenvalue weighted by Crippen LogP contribution is 2.30. The number of amides is 1. The van der Waals surface area contributed by atoms with Crippen molar-refractivity contribution in [1.82, 2.24) is 4.90 Å². The molecular formula is C17H19NO4S. The molecule has 0 atom stereocenters. The van der Waals surface area contributed by atoms with Crippen molar-refractivity contribution < 1.29 is 19.1 Å². The summed E-state index contributed by atoms with van der Waals surface area (Å²) in [6, 6.07) is 2.15. The van der Waals surface area contributed by atoms with Gasteiger partial charge in [-0.05, 0) is 48.1 Å². The molecule has 0 bridgehead atoms. The maximum atomic E-state index is 12.8. The summed E-state index contributed by atoms with van der Waals surface area (Å²) in [5.41, 5.74) is 2.47. The van der Waals surface area contributed by atoms with Gasteiger partial charge < -0.3 is 14.4 Å². The molecule has 0 aliphatic carbocycles. The molecule has 3 heterocycles. The van der Waals surface area contributed by atoms with Crippen LogP contribution in [0, 0.1) is 6.92 Å². The van der Waals surface area contributed by atoms with Crippen molar-refractivity contribution >= 4 is 23.2 Å². The smallest absolute Gasteiger partial charge is 0.311 e. The summed E-state index contributed by atoms with van der Waals surface area (Å²) in [6.45, 7) is 3.16. The summed E-state index contributed by atoms with van der Waals surface area (Å²) in [6.07, 6.45) is 3.07. The Balaban J connectivity index is 1.70. The van der Waals surface area contributed by atoms with E-state index < -0.39 is 5.97 Å². The molecule has 122 valence electrons. The molecule has 0 aromatic carbocycles. The largest absolute Gasteiger partial charge is 0.481 e. The molecule has 23 heavy (non-hydrogen) atoms. The topological polar surface area (TPSA) is 70.7 Å². The number of carboxylic acid groups (broad SMARTS) is 1. The number of thiophene rings is 1. The summed E-state index contributed by atoms with van der Waals surface area (Å²) in [5, 5.41) is 13.2. The van der Waals surface area contributed by atoms with Crippen molar-refractivity contribution in [3.8, 4) is 0 Å². The average Bonchev–Trinajstić information content (AvgIpc) is 3.17. The van der Waals surface area contributed by atoms with E-state index in [-0.39, 0.29) is 18.1 Å². The van der Waals surface area contributed by atoms with Crippen LogP contribution in [-0.4, -0.2) is 35.0 Å². The van der Waals surface area contributed by atoms with E-state index in [4.69, 9.17) is 9.52 Å². The van der Waals surface area contributed by atoms with Crippen LogP contribution in [-0.2, 0) is 11.2 Å². The van der Waals surface area contributed by atoms with Crippen LogP contribution in [0.4, 0.5) is 0 Å². The van der Waals surface area contributed by atoms with E-state index in [9.17, 15) is 9.59 Å². The van der Waals surface area contributed by atoms with E-state index in [1.165, 1.54) is 11.8 Å². The van der Waals surface area contributed by atoms with Crippen LogP contribution >= 0.6 is 11.3 Å². The molecule has 2 aromatic rings. The van der Waals surface area contributed by atoms with Gasteiger partial charge in [0, 0.05) is 18.7 Å². The number of piperidine rings is 1. The van der Waals surface area contributed by atoms with Crippen molar-refractivity contribution in [2.45, 2.75) is 32.1 Å². The van der Waals surface area contributed by atoms with E-state index in [2.05, 4.69) is 16.8 Å². The number of carboxylic acids is 1. The van der Waals surface area contributed by atoms with Gasteiger partial charge in [-0.25, -0.2) is 0 Å². The summed E-state index contributed by atoms with van der Waals surface area (Å²) in [5.74, 6) is -0.352. The first-order valence-corrected chi connectivity index (χ1v) is 8.60. The quantitative estimate of drug-likeness (QED) is 0.932. The second kappa shape index (κ2) is 6.58. The second-order valence-electron chi connectivity index (χ2n) is 5.91. The molecule has 0 spiro atoms. The van der Waals surface area contributed by atoms with E-state index in [1.54, 1.807) is 18.3 Å². The Kier molecular flexibility index (Phi) is 4.52. The van der Waals surface area contributed by atoms with Gasteiger partial charge in [0.25, 0.3) is 5.91 Å². The van der Waals surface area contributed by atoms with Gasteiger partial charge in [-0.3, -0.25) is 9.59 Å². The average molecular weight is 333 g/mol. The highest BCUT2D eigenvalue weighted by molar-refractivity contribution is 7.07. The summed E-state index contributed by atoms with van der Waals surface area (Å²) in [4.78, 5) is 25.5. The Morgan fingerprint density at radius 3 is 2.74 bits per heavy atom. The van der Waals surface area contributed by atoms with Gasteiger partial charge in [-0.2, -0.15) is 11.3 Å². The maximum Gasteiger partial charge on any atom is 0.311 e. The predicted molar refractivity (Wildman–Crippen MR) is 87.0 cm³/mol. The predicted octanol–water partition coefficient (Wildman–Crippen LogP) is 3.30. The molecule has 5 nitrogen and oxygen atoms in total. The first-order valence-electron chi connectivity index (χ1n) is 7.66. The molecule has 1 aliphatic heterocycles. The van der Waals surface area contributed by atoms with Gasteiger partial charge in [0.05, 0.1) is 11.8 Å². The molecule has 2 aromatic heterocycles. The molecule has 1 aliphatic rings. The van der Waals surface area contributed by atoms with E-state index in [0.29, 0.717) is 30.1 Å². The number of nitrogens with zero attached hydrogens (tertiary/aromatic N) is 1. The molecule has 3 rings (SSSR count). The Morgan fingerprint density at radius 1 is 1.39 bits per heavy atom. The number of rotatable bonds is 4. The van der Waals surface area contributed by atoms with Gasteiger partial charge in [0.2, 0.25) is 0 Å². The van der Waals surface area contributed by atoms with Crippen molar-refractivity contribution in [2.24, 2.45) is 0 Å². The minimum absolute atomic E-state index is 0.115. The highest BCUT2D eigenvalue weighted by atomic mass is 32.1. The van der Waals surface area contributed by atoms with Crippen molar-refractivity contribution in [1.29, 1.82) is 0 Å². The SMILES string of the molecule is Cc1coc(CC(=O)O)c1C(=O)N1CCC(c2ccsc2)CC1. The van der Waals surface area contributed by atoms with Crippen molar-refractivity contribution in [3.63, 3.8) is 0 Å². The molecular weight excluding hydrogens is 314 g/mol. The third kappa shape index (κ3) is 3.32. The molecule has 1 amide bonds. The summed E-state index contributed by atoms with van der Waals surface area (Å²) < 4.78 is 5.27. The molecule has 0 saturated carbocycles. The standard InChI is InChI=1S/C17H19NO4S/c1-11-9-22-14(8-15(19)20)16(11)17(21)18-5-2-12(3-6-18)13-4-7-23-10-13/h4,7,9-10,12H,2-3,5-6,8H2,1H3,(H,19,20). The second-order valence-corrected chi connectivity index (χ2v) is 6.69. The van der Waals surface area contributed by atoms with Gasteiger partial charge >= 0.3 is 5.97 Å². The summed E-state index contributed by atoms with van der Waals surface area (Å²) >= 11 is 1.70. The fraction of sp³-hybridized carbons (Fsp3) is 0.412. The van der Waals surface area contributed by atoms with Crippen LogP contribution in [0.1, 0.15) is 46.0 Å². The molecule has 1 fully saturated rings. The lowest BCUT2D eigenvalue weighted by atomic mass is 9.91. The number of likely N-dealkylation sites (tertiary alicyclic amines) is 1. The highest BCUT2D eigenvalue weighted by Gasteiger charge is 2.29. The van der Waals surface area contributed by atoms with Crippen LogP contribution in [0.2, 0.25) is 0 Å². The van der Waals surface area contributed by atoms with E-state index in [0.717, 1.165) is 12.8 Å². The van der Waals surface area contributed by atoms with Gasteiger partial charge in [-0.1, -0.05) is 0 Å². The minimum Gasteiger partial charge on any atom is -0.481 e. The van der Waals surface area contributed by atoms with Crippen LogP contribution in [0.5, 0.6) is 0 Å². The molecule has 1 saturated heterocycles. The minimum atomic E-state index is -0.996. The molecule has 0 radical (unpaired) electrons. The zero-order chi connectivity index (χ0) is 16.4. The number of carbonyl (C=O) groups is 2. The number of aliphatic carboxylic acids is 1. The number of hydrogen-bond acceptors (Lipinski definition) is 4. The van der Waals surface area contributed by atoms with Crippen LogP contribution < -0.4 is 0 Å². The zero-order valence-electron chi connectivity index (χ0n) is 12.9. The maximum absolute atomic E-state index is 12.8. The van der Waals surface area contributed by atoms with E-state index in [1.807, 2.05) is 4.90 Å². The van der Waals surface area contributed by atoms with Crippen LogP contribution in [0.15, 0.2) is 27.5 Å². The number of hydrogen-bond donors (Lipinski definition) is 1. The fourth-order valence-electron chi connectivity index (χ4n) is 3.13. The monoisotopic (exact) mass is 333 g/mol. The number of aryl methyl sites for hydroxylation is 1. The van der Waals surface area contributed by atoms with E-state index >= 15 is 0 Å². The number of carbonyl (C=O) groups excluding carboxylic acids is 1. The van der Waals surface area contributed by atoms with Crippen LogP contribution in [0.25, 0.3) is 0 Å². The van der Waals surface area contributed by atoms with Gasteiger partial charge in [-0.15, -0.1) is 0 Å². The third-order valence-electron chi connectivity index (χ3n) is 4.37. The normalized spacial score (nSPS) is 15.8. The first-order chi connectivity index (χ1) is 11.1. The number of furan rings is 1. The molecule has 0 unspecified atom stereocenters. The lowest BCUT2D eigenvalue weighted by Gasteiger charge is -2.32. The lowest BCUT2D eigenvalue weighted by Crippen LogP contribution is -2.38. The molecule has 6 heteroatoms. The molecule has 1 N–H and O–H groups in total.